The molecular weight excluding hydrogens is 416 g/mol. The zero-order valence-corrected chi connectivity index (χ0v) is 15.2. The van der Waals surface area contributed by atoms with E-state index in [0.29, 0.717) is 26.3 Å². The van der Waals surface area contributed by atoms with E-state index in [2.05, 4.69) is 10.3 Å². The molecule has 0 unspecified atom stereocenters. The predicted molar refractivity (Wildman–Crippen MR) is 97.3 cm³/mol. The smallest absolute Gasteiger partial charge is 0.330 e. The Balaban J connectivity index is 2.04. The lowest BCUT2D eigenvalue weighted by atomic mass is 10.1. The molecule has 0 amide bonds. The highest BCUT2D eigenvalue weighted by Crippen LogP contribution is 2.43. The summed E-state index contributed by atoms with van der Waals surface area (Å²) in [6.45, 7) is 0. The summed E-state index contributed by atoms with van der Waals surface area (Å²) in [5.74, 6) is 0. The van der Waals surface area contributed by atoms with Gasteiger partial charge in [-0.05, 0) is 35.9 Å². The molecule has 3 rings (SSSR count). The topological polar surface area (TPSA) is 24.9 Å². The molecule has 0 atom stereocenters. The first-order valence-electron chi connectivity index (χ1n) is 6.80. The second-order valence-corrected chi connectivity index (χ2v) is 7.23. The maximum atomic E-state index is 13.4. The van der Waals surface area contributed by atoms with Gasteiger partial charge in [0.05, 0.1) is 15.6 Å². The number of anilines is 2. The number of hydrogen-bond acceptors (Lipinski definition) is 3. The highest BCUT2D eigenvalue weighted by Gasteiger charge is 2.38. The van der Waals surface area contributed by atoms with E-state index < -0.39 is 11.9 Å². The summed E-state index contributed by atoms with van der Waals surface area (Å²) in [6.07, 6.45) is -4.59. The summed E-state index contributed by atoms with van der Waals surface area (Å²) in [5.41, 5.74) is -0.223. The molecule has 0 aliphatic rings. The maximum Gasteiger partial charge on any atom is 0.434 e. The lowest BCUT2D eigenvalue weighted by Gasteiger charge is -2.06. The minimum Gasteiger partial charge on any atom is -0.330 e. The third kappa shape index (κ3) is 4.20. The van der Waals surface area contributed by atoms with Gasteiger partial charge in [0.15, 0.2) is 10.8 Å². The van der Waals surface area contributed by atoms with Gasteiger partial charge >= 0.3 is 6.18 Å². The van der Waals surface area contributed by atoms with Crippen LogP contribution in [0.5, 0.6) is 0 Å². The Kier molecular flexibility index (Phi) is 5.16. The molecule has 2 aromatic carbocycles. The highest BCUT2D eigenvalue weighted by atomic mass is 35.5. The third-order valence-electron chi connectivity index (χ3n) is 3.17. The maximum absolute atomic E-state index is 13.4. The van der Waals surface area contributed by atoms with Crippen molar-refractivity contribution in [3.8, 4) is 10.4 Å². The lowest BCUT2D eigenvalue weighted by Crippen LogP contribution is -2.07. The SMILES string of the molecule is FC(F)(F)c1nc(Nc2cc(Cl)ccc2Cl)sc1-c1ccc(Cl)cc1. The molecule has 1 heterocycles. The van der Waals surface area contributed by atoms with Gasteiger partial charge in [0.25, 0.3) is 0 Å². The number of thiazole rings is 1. The second kappa shape index (κ2) is 7.03. The molecule has 0 saturated carbocycles. The Labute approximate surface area is 160 Å². The van der Waals surface area contributed by atoms with Gasteiger partial charge in [-0.15, -0.1) is 0 Å². The fourth-order valence-corrected chi connectivity index (χ4v) is 3.54. The van der Waals surface area contributed by atoms with E-state index in [4.69, 9.17) is 34.8 Å². The monoisotopic (exact) mass is 422 g/mol. The van der Waals surface area contributed by atoms with Gasteiger partial charge < -0.3 is 5.32 Å². The van der Waals surface area contributed by atoms with Crippen molar-refractivity contribution in [1.82, 2.24) is 4.98 Å². The molecule has 0 fully saturated rings. The molecule has 0 spiro atoms. The quantitative estimate of drug-likeness (QED) is 0.471. The van der Waals surface area contributed by atoms with Gasteiger partial charge in [-0.2, -0.15) is 13.2 Å². The van der Waals surface area contributed by atoms with Crippen LogP contribution in [0.15, 0.2) is 42.5 Å². The van der Waals surface area contributed by atoms with Crippen LogP contribution in [-0.2, 0) is 6.18 Å². The first-order valence-corrected chi connectivity index (χ1v) is 8.75. The zero-order valence-electron chi connectivity index (χ0n) is 12.2. The Hall–Kier alpha value is -1.47. The molecule has 0 aliphatic heterocycles. The fourth-order valence-electron chi connectivity index (χ4n) is 2.07. The molecule has 2 nitrogen and oxygen atoms in total. The van der Waals surface area contributed by atoms with Gasteiger partial charge in [-0.1, -0.05) is 58.3 Å². The van der Waals surface area contributed by atoms with Crippen LogP contribution in [0.2, 0.25) is 15.1 Å². The van der Waals surface area contributed by atoms with Crippen LogP contribution >= 0.6 is 46.1 Å². The van der Waals surface area contributed by atoms with Crippen molar-refractivity contribution in [3.63, 3.8) is 0 Å². The number of nitrogens with zero attached hydrogens (tertiary/aromatic N) is 1. The number of hydrogen-bond donors (Lipinski definition) is 1. The number of benzene rings is 2. The minimum absolute atomic E-state index is 0.00943. The van der Waals surface area contributed by atoms with Crippen molar-refractivity contribution in [2.45, 2.75) is 6.18 Å². The summed E-state index contributed by atoms with van der Waals surface area (Å²) in [6, 6.07) is 10.7. The van der Waals surface area contributed by atoms with Crippen molar-refractivity contribution in [3.05, 3.63) is 63.2 Å². The lowest BCUT2D eigenvalue weighted by molar-refractivity contribution is -0.140. The fraction of sp³-hybridized carbons (Fsp3) is 0.0625. The van der Waals surface area contributed by atoms with Crippen molar-refractivity contribution in [1.29, 1.82) is 0 Å². The average molecular weight is 424 g/mol. The van der Waals surface area contributed by atoms with Gasteiger partial charge in [0, 0.05) is 10.0 Å². The van der Waals surface area contributed by atoms with Crippen LogP contribution in [0.3, 0.4) is 0 Å². The van der Waals surface area contributed by atoms with Crippen LogP contribution < -0.4 is 5.32 Å². The highest BCUT2D eigenvalue weighted by molar-refractivity contribution is 7.19. The Morgan fingerprint density at radius 2 is 1.56 bits per heavy atom. The van der Waals surface area contributed by atoms with E-state index in [0.717, 1.165) is 11.3 Å². The van der Waals surface area contributed by atoms with Crippen LogP contribution in [0, 0.1) is 0 Å². The zero-order chi connectivity index (χ0) is 18.2. The summed E-state index contributed by atoms with van der Waals surface area (Å²) in [5, 5.41) is 4.01. The molecule has 25 heavy (non-hydrogen) atoms. The summed E-state index contributed by atoms with van der Waals surface area (Å²) in [4.78, 5) is 3.68. The third-order valence-corrected chi connectivity index (χ3v) is 5.01. The number of nitrogens with one attached hydrogen (secondary N) is 1. The van der Waals surface area contributed by atoms with Crippen molar-refractivity contribution >= 4 is 57.0 Å². The van der Waals surface area contributed by atoms with E-state index in [9.17, 15) is 13.2 Å². The van der Waals surface area contributed by atoms with E-state index in [1.54, 1.807) is 12.1 Å². The van der Waals surface area contributed by atoms with E-state index in [-0.39, 0.29) is 10.0 Å². The summed E-state index contributed by atoms with van der Waals surface area (Å²) in [7, 11) is 0. The first-order chi connectivity index (χ1) is 11.7. The molecule has 0 saturated heterocycles. The van der Waals surface area contributed by atoms with Crippen LogP contribution in [0.25, 0.3) is 10.4 Å². The number of halogens is 6. The Morgan fingerprint density at radius 1 is 0.920 bits per heavy atom. The number of alkyl halides is 3. The molecule has 0 aliphatic carbocycles. The Morgan fingerprint density at radius 3 is 2.20 bits per heavy atom. The van der Waals surface area contributed by atoms with Crippen molar-refractivity contribution in [2.24, 2.45) is 0 Å². The molecule has 9 heteroatoms. The summed E-state index contributed by atoms with van der Waals surface area (Å²) >= 11 is 18.6. The molecule has 1 N–H and O–H groups in total. The first kappa shape index (κ1) is 18.3. The molecule has 0 bridgehead atoms. The minimum atomic E-state index is -4.59. The van der Waals surface area contributed by atoms with Gasteiger partial charge in [0.2, 0.25) is 0 Å². The van der Waals surface area contributed by atoms with Crippen LogP contribution in [0.4, 0.5) is 24.0 Å². The average Bonchev–Trinajstić information content (AvgIpc) is 2.96. The molecule has 3 aromatic rings. The second-order valence-electron chi connectivity index (χ2n) is 4.95. The van der Waals surface area contributed by atoms with Gasteiger partial charge in [-0.3, -0.25) is 0 Å². The van der Waals surface area contributed by atoms with Crippen LogP contribution in [-0.4, -0.2) is 4.98 Å². The van der Waals surface area contributed by atoms with Gasteiger partial charge in [0.1, 0.15) is 0 Å². The Bertz CT molecular complexity index is 908. The van der Waals surface area contributed by atoms with E-state index in [1.165, 1.54) is 30.3 Å². The number of aromatic nitrogens is 1. The summed E-state index contributed by atoms with van der Waals surface area (Å²) < 4.78 is 40.1. The molecular formula is C16H8Cl3F3N2S. The van der Waals surface area contributed by atoms with Gasteiger partial charge in [-0.25, -0.2) is 4.98 Å². The number of rotatable bonds is 3. The largest absolute Gasteiger partial charge is 0.434 e. The van der Waals surface area contributed by atoms with Crippen molar-refractivity contribution < 1.29 is 13.2 Å². The molecule has 1 aromatic heterocycles. The van der Waals surface area contributed by atoms with E-state index in [1.807, 2.05) is 0 Å². The predicted octanol–water partition coefficient (Wildman–Crippen LogP) is 7.53. The normalized spacial score (nSPS) is 11.6. The van der Waals surface area contributed by atoms with Crippen molar-refractivity contribution in [2.75, 3.05) is 5.32 Å². The molecule has 130 valence electrons. The standard InChI is InChI=1S/C16H8Cl3F3N2S/c17-9-3-1-8(2-4-9)13-14(16(20,21)22)24-15(25-13)23-12-7-10(18)5-6-11(12)19/h1-7H,(H,23,24). The van der Waals surface area contributed by atoms with E-state index >= 15 is 0 Å². The van der Waals surface area contributed by atoms with Crippen LogP contribution in [0.1, 0.15) is 5.69 Å². The molecule has 0 radical (unpaired) electrons.